The van der Waals surface area contributed by atoms with Gasteiger partial charge in [0.15, 0.2) is 17.5 Å². The molecule has 3 rings (SSSR count). The first-order chi connectivity index (χ1) is 12.0. The number of benzene rings is 1. The van der Waals surface area contributed by atoms with Gasteiger partial charge in [0.1, 0.15) is 23.1 Å². The molecule has 0 aliphatic carbocycles. The monoisotopic (exact) mass is 340 g/mol. The predicted molar refractivity (Wildman–Crippen MR) is 86.5 cm³/mol. The van der Waals surface area contributed by atoms with Crippen molar-refractivity contribution in [1.29, 1.82) is 0 Å². The third-order valence-electron chi connectivity index (χ3n) is 3.59. The van der Waals surface area contributed by atoms with Gasteiger partial charge in [-0.2, -0.15) is 0 Å². The molecule has 1 unspecified atom stereocenters. The third-order valence-corrected chi connectivity index (χ3v) is 3.59. The summed E-state index contributed by atoms with van der Waals surface area (Å²) in [4.78, 5) is 35.6. The summed E-state index contributed by atoms with van der Waals surface area (Å²) in [5, 5.41) is 0. The van der Waals surface area contributed by atoms with E-state index in [4.69, 9.17) is 9.15 Å². The Kier molecular flexibility index (Phi) is 4.43. The summed E-state index contributed by atoms with van der Waals surface area (Å²) < 4.78 is 24.0. The molecule has 2 heterocycles. The minimum absolute atomic E-state index is 0.156. The Hall–Kier alpha value is -3.28. The molecule has 0 bridgehead atoms. The van der Waals surface area contributed by atoms with E-state index < -0.39 is 29.3 Å². The Balaban J connectivity index is 1.77. The summed E-state index contributed by atoms with van der Waals surface area (Å²) in [6.45, 7) is 1.46. The molecular formula is C19H13FO5. The van der Waals surface area contributed by atoms with Gasteiger partial charge < -0.3 is 9.15 Å². The molecule has 2 aromatic rings. The summed E-state index contributed by atoms with van der Waals surface area (Å²) in [7, 11) is 0. The Bertz CT molecular complexity index is 919. The molecule has 6 heteroatoms. The Morgan fingerprint density at radius 2 is 1.92 bits per heavy atom. The van der Waals surface area contributed by atoms with Gasteiger partial charge >= 0.3 is 5.97 Å². The van der Waals surface area contributed by atoms with Gasteiger partial charge in [-0.05, 0) is 43.3 Å². The van der Waals surface area contributed by atoms with Crippen molar-refractivity contribution in [3.05, 3.63) is 65.9 Å². The molecule has 126 valence electrons. The highest BCUT2D eigenvalue weighted by Gasteiger charge is 2.36. The maximum Gasteiger partial charge on any atom is 0.329 e. The lowest BCUT2D eigenvalue weighted by Crippen LogP contribution is -2.34. The number of rotatable bonds is 4. The SMILES string of the molecule is CC1=CC(=O)C(C(=O)/C=C/c2ccc(-c3ccccc3F)o2)C(=O)O1. The van der Waals surface area contributed by atoms with Crippen molar-refractivity contribution < 1.29 is 27.9 Å². The Labute approximate surface area is 142 Å². The smallest absolute Gasteiger partial charge is 0.329 e. The first-order valence-electron chi connectivity index (χ1n) is 7.46. The van der Waals surface area contributed by atoms with Crippen LogP contribution in [0.3, 0.4) is 0 Å². The fourth-order valence-corrected chi connectivity index (χ4v) is 2.41. The van der Waals surface area contributed by atoms with Crippen molar-refractivity contribution in [1.82, 2.24) is 0 Å². The summed E-state index contributed by atoms with van der Waals surface area (Å²) in [6, 6.07) is 9.24. The second kappa shape index (κ2) is 6.68. The zero-order valence-electron chi connectivity index (χ0n) is 13.2. The highest BCUT2D eigenvalue weighted by molar-refractivity contribution is 6.25. The molecule has 1 aromatic carbocycles. The molecule has 0 saturated heterocycles. The van der Waals surface area contributed by atoms with Crippen LogP contribution in [0.25, 0.3) is 17.4 Å². The van der Waals surface area contributed by atoms with Gasteiger partial charge in [0.2, 0.25) is 0 Å². The van der Waals surface area contributed by atoms with Gasteiger partial charge in [-0.3, -0.25) is 14.4 Å². The molecule has 0 saturated carbocycles. The van der Waals surface area contributed by atoms with Crippen molar-refractivity contribution >= 4 is 23.6 Å². The van der Waals surface area contributed by atoms with Crippen LogP contribution in [0.15, 0.2) is 58.7 Å². The number of cyclic esters (lactones) is 1. The second-order valence-electron chi connectivity index (χ2n) is 5.43. The quantitative estimate of drug-likeness (QED) is 0.485. The number of furan rings is 1. The van der Waals surface area contributed by atoms with Gasteiger partial charge in [0.25, 0.3) is 0 Å². The zero-order valence-corrected chi connectivity index (χ0v) is 13.2. The molecule has 0 N–H and O–H groups in total. The minimum atomic E-state index is -1.50. The average molecular weight is 340 g/mol. The topological polar surface area (TPSA) is 73.6 Å². The molecule has 0 spiro atoms. The van der Waals surface area contributed by atoms with Gasteiger partial charge in [-0.1, -0.05) is 12.1 Å². The molecule has 5 nitrogen and oxygen atoms in total. The van der Waals surface area contributed by atoms with Crippen LogP contribution in [0.2, 0.25) is 0 Å². The van der Waals surface area contributed by atoms with Crippen molar-refractivity contribution in [3.63, 3.8) is 0 Å². The molecule has 25 heavy (non-hydrogen) atoms. The van der Waals surface area contributed by atoms with Gasteiger partial charge in [-0.15, -0.1) is 0 Å². The van der Waals surface area contributed by atoms with Crippen LogP contribution < -0.4 is 0 Å². The first kappa shape index (κ1) is 16.6. The molecule has 0 amide bonds. The van der Waals surface area contributed by atoms with Crippen LogP contribution in [0, 0.1) is 11.7 Å². The molecule has 0 radical (unpaired) electrons. The number of ketones is 2. The number of carbonyl (C=O) groups is 3. The highest BCUT2D eigenvalue weighted by atomic mass is 19.1. The minimum Gasteiger partial charge on any atom is -0.457 e. The summed E-state index contributed by atoms with van der Waals surface area (Å²) in [5.74, 6) is -3.40. The summed E-state index contributed by atoms with van der Waals surface area (Å²) in [5.41, 5.74) is 0.292. The van der Waals surface area contributed by atoms with Crippen LogP contribution in [0.1, 0.15) is 12.7 Å². The fraction of sp³-hybridized carbons (Fsp3) is 0.105. The van der Waals surface area contributed by atoms with Crippen LogP contribution >= 0.6 is 0 Å². The summed E-state index contributed by atoms with van der Waals surface area (Å²) in [6.07, 6.45) is 3.50. The molecule has 1 aliphatic rings. The van der Waals surface area contributed by atoms with E-state index in [0.29, 0.717) is 11.3 Å². The number of esters is 1. The van der Waals surface area contributed by atoms with Gasteiger partial charge in [0, 0.05) is 6.08 Å². The van der Waals surface area contributed by atoms with Crippen molar-refractivity contribution in [2.24, 2.45) is 5.92 Å². The van der Waals surface area contributed by atoms with E-state index in [0.717, 1.165) is 12.2 Å². The van der Waals surface area contributed by atoms with E-state index in [1.165, 1.54) is 19.1 Å². The molecular weight excluding hydrogens is 327 g/mol. The molecule has 1 aromatic heterocycles. The molecule has 0 fully saturated rings. The zero-order chi connectivity index (χ0) is 18.0. The first-order valence-corrected chi connectivity index (χ1v) is 7.46. The third kappa shape index (κ3) is 3.47. The van der Waals surface area contributed by atoms with E-state index in [9.17, 15) is 18.8 Å². The Morgan fingerprint density at radius 3 is 2.64 bits per heavy atom. The van der Waals surface area contributed by atoms with Crippen LogP contribution in [0.4, 0.5) is 4.39 Å². The van der Waals surface area contributed by atoms with Crippen molar-refractivity contribution in [3.8, 4) is 11.3 Å². The summed E-state index contributed by atoms with van der Waals surface area (Å²) >= 11 is 0. The number of hydrogen-bond acceptors (Lipinski definition) is 5. The van der Waals surface area contributed by atoms with Crippen molar-refractivity contribution in [2.45, 2.75) is 6.92 Å². The van der Waals surface area contributed by atoms with Gasteiger partial charge in [0.05, 0.1) is 5.56 Å². The fourth-order valence-electron chi connectivity index (χ4n) is 2.41. The number of allylic oxidation sites excluding steroid dienone is 3. The number of halogens is 1. The number of carbonyl (C=O) groups excluding carboxylic acids is 3. The largest absolute Gasteiger partial charge is 0.457 e. The van der Waals surface area contributed by atoms with Gasteiger partial charge in [-0.25, -0.2) is 4.39 Å². The van der Waals surface area contributed by atoms with E-state index in [-0.39, 0.29) is 11.5 Å². The second-order valence-corrected chi connectivity index (χ2v) is 5.43. The number of hydrogen-bond donors (Lipinski definition) is 0. The average Bonchev–Trinajstić information content (AvgIpc) is 3.01. The lowest BCUT2D eigenvalue weighted by Gasteiger charge is -2.15. The van der Waals surface area contributed by atoms with Crippen LogP contribution in [-0.4, -0.2) is 17.5 Å². The molecule has 1 atom stereocenters. The lowest BCUT2D eigenvalue weighted by molar-refractivity contribution is -0.151. The number of ether oxygens (including phenoxy) is 1. The Morgan fingerprint density at radius 1 is 1.16 bits per heavy atom. The standard InChI is InChI=1S/C19H13FO5/c1-11-10-16(22)18(19(23)24-11)15(21)8-6-12-7-9-17(25-12)13-4-2-3-5-14(13)20/h2-10,18H,1H3/b8-6+. The van der Waals surface area contributed by atoms with E-state index in [1.54, 1.807) is 30.3 Å². The normalized spacial score (nSPS) is 17.5. The van der Waals surface area contributed by atoms with Crippen LogP contribution in [-0.2, 0) is 19.1 Å². The maximum absolute atomic E-state index is 13.7. The highest BCUT2D eigenvalue weighted by Crippen LogP contribution is 2.25. The van der Waals surface area contributed by atoms with Crippen LogP contribution in [0.5, 0.6) is 0 Å². The predicted octanol–water partition coefficient (Wildman–Crippen LogP) is 3.31. The van der Waals surface area contributed by atoms with E-state index in [2.05, 4.69) is 0 Å². The van der Waals surface area contributed by atoms with Crippen molar-refractivity contribution in [2.75, 3.05) is 0 Å². The molecule has 1 aliphatic heterocycles. The van der Waals surface area contributed by atoms with E-state index in [1.807, 2.05) is 0 Å². The van der Waals surface area contributed by atoms with E-state index >= 15 is 0 Å². The maximum atomic E-state index is 13.7. The lowest BCUT2D eigenvalue weighted by atomic mass is 9.96.